The van der Waals surface area contributed by atoms with Gasteiger partial charge in [0.1, 0.15) is 31.5 Å². The third-order valence-corrected chi connectivity index (χ3v) is 3.86. The number of ether oxygens (including phenoxy) is 1. The highest BCUT2D eigenvalue weighted by Gasteiger charge is 2.15. The van der Waals surface area contributed by atoms with E-state index in [2.05, 4.69) is 31.2 Å². The van der Waals surface area contributed by atoms with E-state index in [1.807, 2.05) is 37.3 Å². The fourth-order valence-electron chi connectivity index (χ4n) is 2.79. The molecule has 0 aliphatic carbocycles. The molecule has 0 saturated carbocycles. The summed E-state index contributed by atoms with van der Waals surface area (Å²) in [6, 6.07) is 18.4. The molecular formula is C20H28NO2+. The normalized spacial score (nSPS) is 13.5. The summed E-state index contributed by atoms with van der Waals surface area (Å²) in [6.07, 6.45) is 0.647. The molecule has 0 saturated heterocycles. The Morgan fingerprint density at radius 2 is 1.87 bits per heavy atom. The summed E-state index contributed by atoms with van der Waals surface area (Å²) in [5.41, 5.74) is 2.47. The van der Waals surface area contributed by atoms with Gasteiger partial charge < -0.3 is 14.7 Å². The lowest BCUT2D eigenvalue weighted by Gasteiger charge is -2.22. The van der Waals surface area contributed by atoms with Crippen LogP contribution in [-0.2, 0) is 6.54 Å². The van der Waals surface area contributed by atoms with Crippen LogP contribution in [0.4, 0.5) is 0 Å². The summed E-state index contributed by atoms with van der Waals surface area (Å²) in [7, 11) is 0. The van der Waals surface area contributed by atoms with E-state index in [4.69, 9.17) is 4.74 Å². The van der Waals surface area contributed by atoms with Gasteiger partial charge in [0, 0.05) is 5.56 Å². The van der Waals surface area contributed by atoms with Crippen molar-refractivity contribution in [2.75, 3.05) is 19.7 Å². The van der Waals surface area contributed by atoms with E-state index < -0.39 is 6.10 Å². The van der Waals surface area contributed by atoms with Crippen molar-refractivity contribution in [1.29, 1.82) is 0 Å². The summed E-state index contributed by atoms with van der Waals surface area (Å²) >= 11 is 0. The fraction of sp³-hybridized carbons (Fsp3) is 0.400. The molecule has 124 valence electrons. The molecule has 0 radical (unpaired) electrons. The van der Waals surface area contributed by atoms with Crippen LogP contribution in [0.3, 0.4) is 0 Å². The molecule has 2 aromatic rings. The number of hydrogen-bond donors (Lipinski definition) is 2. The van der Waals surface area contributed by atoms with Crippen LogP contribution in [0, 0.1) is 6.92 Å². The van der Waals surface area contributed by atoms with E-state index in [-0.39, 0.29) is 0 Å². The highest BCUT2D eigenvalue weighted by atomic mass is 16.5. The predicted octanol–water partition coefficient (Wildman–Crippen LogP) is 2.23. The van der Waals surface area contributed by atoms with Crippen molar-refractivity contribution in [3.63, 3.8) is 0 Å². The van der Waals surface area contributed by atoms with Crippen LogP contribution < -0.4 is 9.64 Å². The molecule has 2 aromatic carbocycles. The van der Waals surface area contributed by atoms with Crippen LogP contribution in [-0.4, -0.2) is 30.9 Å². The van der Waals surface area contributed by atoms with Crippen molar-refractivity contribution in [3.8, 4) is 5.75 Å². The number of hydrogen-bond acceptors (Lipinski definition) is 2. The van der Waals surface area contributed by atoms with E-state index in [9.17, 15) is 5.11 Å². The minimum atomic E-state index is -0.458. The maximum atomic E-state index is 10.3. The van der Waals surface area contributed by atoms with Gasteiger partial charge in [0.05, 0.1) is 6.54 Å². The van der Waals surface area contributed by atoms with Crippen molar-refractivity contribution in [2.45, 2.75) is 32.9 Å². The van der Waals surface area contributed by atoms with E-state index in [1.54, 1.807) is 0 Å². The van der Waals surface area contributed by atoms with Gasteiger partial charge in [-0.3, -0.25) is 0 Å². The Balaban J connectivity index is 1.83. The molecule has 0 spiro atoms. The van der Waals surface area contributed by atoms with Crippen molar-refractivity contribution < 1.29 is 14.7 Å². The second-order valence-corrected chi connectivity index (χ2v) is 6.15. The van der Waals surface area contributed by atoms with Gasteiger partial charge in [-0.1, -0.05) is 49.4 Å². The fourth-order valence-corrected chi connectivity index (χ4v) is 2.79. The van der Waals surface area contributed by atoms with Crippen LogP contribution >= 0.6 is 0 Å². The molecule has 0 heterocycles. The molecule has 0 aliphatic heterocycles. The lowest BCUT2D eigenvalue weighted by molar-refractivity contribution is -0.917. The van der Waals surface area contributed by atoms with E-state index in [1.165, 1.54) is 16.0 Å². The lowest BCUT2D eigenvalue weighted by atomic mass is 10.2. The van der Waals surface area contributed by atoms with Crippen LogP contribution in [0.5, 0.6) is 5.75 Å². The quantitative estimate of drug-likeness (QED) is 0.744. The molecule has 3 heteroatoms. The number of rotatable bonds is 9. The lowest BCUT2D eigenvalue weighted by Crippen LogP contribution is -3.12. The van der Waals surface area contributed by atoms with Gasteiger partial charge in [0.25, 0.3) is 0 Å². The molecule has 1 unspecified atom stereocenters. The van der Waals surface area contributed by atoms with Crippen LogP contribution in [0.2, 0.25) is 0 Å². The summed E-state index contributed by atoms with van der Waals surface area (Å²) in [6.45, 7) is 7.25. The standard InChI is InChI=1S/C20H27NO2/c1-3-12-21(14-18-9-5-4-6-10-18)15-19(22)16-23-20-11-7-8-17(2)13-20/h4-11,13,19,22H,3,12,14-16H2,1-2H3/p+1/t19-/m0/s1. The van der Waals surface area contributed by atoms with Crippen molar-refractivity contribution >= 4 is 0 Å². The summed E-state index contributed by atoms with van der Waals surface area (Å²) in [5.74, 6) is 0.823. The number of benzene rings is 2. The number of aliphatic hydroxyl groups is 1. The predicted molar refractivity (Wildman–Crippen MR) is 93.8 cm³/mol. The SMILES string of the molecule is CCC[NH+](Cc1ccccc1)C[C@H](O)COc1cccc(C)c1. The Bertz CT molecular complexity index is 571. The Kier molecular flexibility index (Phi) is 7.11. The second kappa shape index (κ2) is 9.33. The number of aryl methyl sites for hydroxylation is 1. The molecule has 3 nitrogen and oxygen atoms in total. The third kappa shape index (κ3) is 6.43. The monoisotopic (exact) mass is 314 g/mol. The molecular weight excluding hydrogens is 286 g/mol. The van der Waals surface area contributed by atoms with Crippen LogP contribution in [0.1, 0.15) is 24.5 Å². The highest BCUT2D eigenvalue weighted by molar-refractivity contribution is 5.27. The van der Waals surface area contributed by atoms with Crippen LogP contribution in [0.25, 0.3) is 0 Å². The first-order valence-corrected chi connectivity index (χ1v) is 8.42. The zero-order valence-corrected chi connectivity index (χ0v) is 14.2. The molecule has 0 bridgehead atoms. The molecule has 0 aromatic heterocycles. The smallest absolute Gasteiger partial charge is 0.137 e. The van der Waals surface area contributed by atoms with Crippen molar-refractivity contribution in [1.82, 2.24) is 0 Å². The Morgan fingerprint density at radius 3 is 2.57 bits per heavy atom. The highest BCUT2D eigenvalue weighted by Crippen LogP contribution is 2.12. The minimum Gasteiger partial charge on any atom is -0.491 e. The average Bonchev–Trinajstić information content (AvgIpc) is 2.54. The van der Waals surface area contributed by atoms with E-state index in [0.29, 0.717) is 13.2 Å². The van der Waals surface area contributed by atoms with E-state index in [0.717, 1.165) is 25.3 Å². The molecule has 0 fully saturated rings. The molecule has 23 heavy (non-hydrogen) atoms. The average molecular weight is 314 g/mol. The van der Waals surface area contributed by atoms with Gasteiger partial charge in [0.15, 0.2) is 0 Å². The topological polar surface area (TPSA) is 33.9 Å². The van der Waals surface area contributed by atoms with Crippen molar-refractivity contribution in [2.24, 2.45) is 0 Å². The van der Waals surface area contributed by atoms with Gasteiger partial charge in [-0.15, -0.1) is 0 Å². The van der Waals surface area contributed by atoms with Gasteiger partial charge in [-0.25, -0.2) is 0 Å². The third-order valence-electron chi connectivity index (χ3n) is 3.86. The van der Waals surface area contributed by atoms with Gasteiger partial charge in [-0.05, 0) is 31.0 Å². The number of nitrogens with one attached hydrogen (secondary N) is 1. The maximum Gasteiger partial charge on any atom is 0.137 e. The van der Waals surface area contributed by atoms with Gasteiger partial charge in [0.2, 0.25) is 0 Å². The Morgan fingerprint density at radius 1 is 1.09 bits per heavy atom. The summed E-state index contributed by atoms with van der Waals surface area (Å²) in [5, 5.41) is 10.3. The summed E-state index contributed by atoms with van der Waals surface area (Å²) < 4.78 is 5.71. The first kappa shape index (κ1) is 17.5. The molecule has 2 N–H and O–H groups in total. The van der Waals surface area contributed by atoms with Gasteiger partial charge >= 0.3 is 0 Å². The largest absolute Gasteiger partial charge is 0.491 e. The van der Waals surface area contributed by atoms with Crippen LogP contribution in [0.15, 0.2) is 54.6 Å². The van der Waals surface area contributed by atoms with E-state index >= 15 is 0 Å². The number of aliphatic hydroxyl groups excluding tert-OH is 1. The van der Waals surface area contributed by atoms with Gasteiger partial charge in [-0.2, -0.15) is 0 Å². The molecule has 2 atom stereocenters. The zero-order chi connectivity index (χ0) is 16.5. The second-order valence-electron chi connectivity index (χ2n) is 6.15. The molecule has 2 rings (SSSR count). The first-order chi connectivity index (χ1) is 11.2. The first-order valence-electron chi connectivity index (χ1n) is 8.42. The Hall–Kier alpha value is -1.84. The van der Waals surface area contributed by atoms with Crippen molar-refractivity contribution in [3.05, 3.63) is 65.7 Å². The number of quaternary nitrogens is 1. The molecule has 0 amide bonds. The Labute approximate surface area is 139 Å². The minimum absolute atomic E-state index is 0.339. The maximum absolute atomic E-state index is 10.3. The molecule has 0 aliphatic rings. The zero-order valence-electron chi connectivity index (χ0n) is 14.2. The summed E-state index contributed by atoms with van der Waals surface area (Å²) in [4.78, 5) is 1.39.